The van der Waals surface area contributed by atoms with E-state index in [4.69, 9.17) is 0 Å². The third-order valence-corrected chi connectivity index (χ3v) is 4.54. The third-order valence-electron chi connectivity index (χ3n) is 4.54. The molecule has 1 aromatic heterocycles. The lowest BCUT2D eigenvalue weighted by Gasteiger charge is -2.36. The van der Waals surface area contributed by atoms with Crippen molar-refractivity contribution in [2.75, 3.05) is 0 Å². The Morgan fingerprint density at radius 1 is 0.741 bits per heavy atom. The van der Waals surface area contributed by atoms with Crippen molar-refractivity contribution in [3.05, 3.63) is 114 Å². The van der Waals surface area contributed by atoms with Gasteiger partial charge < -0.3 is 9.90 Å². The maximum absolute atomic E-state index is 11.7. The number of hydrogen-bond acceptors (Lipinski definition) is 5. The Hall–Kier alpha value is -3.80. The highest BCUT2D eigenvalue weighted by molar-refractivity contribution is 5.81. The molecule has 0 fully saturated rings. The van der Waals surface area contributed by atoms with E-state index >= 15 is 0 Å². The maximum Gasteiger partial charge on any atom is 0.199 e. The van der Waals surface area contributed by atoms with Crippen LogP contribution in [0.25, 0.3) is 0 Å². The molecule has 0 atom stereocenters. The van der Waals surface area contributed by atoms with Crippen LogP contribution in [-0.4, -0.2) is 26.2 Å². The van der Waals surface area contributed by atoms with E-state index in [1.54, 1.807) is 0 Å². The van der Waals surface area contributed by atoms with Gasteiger partial charge in [0.15, 0.2) is 5.82 Å². The van der Waals surface area contributed by atoms with Crippen LogP contribution in [0.3, 0.4) is 0 Å². The van der Waals surface area contributed by atoms with Gasteiger partial charge in [0.05, 0.1) is 0 Å². The van der Waals surface area contributed by atoms with Crippen molar-refractivity contribution >= 4 is 5.97 Å². The topological polar surface area (TPSA) is 83.7 Å². The van der Waals surface area contributed by atoms with Crippen LogP contribution in [0.2, 0.25) is 0 Å². The Kier molecular flexibility index (Phi) is 4.22. The van der Waals surface area contributed by atoms with Gasteiger partial charge >= 0.3 is 0 Å². The van der Waals surface area contributed by atoms with Crippen LogP contribution >= 0.6 is 0 Å². The van der Waals surface area contributed by atoms with Gasteiger partial charge in [0, 0.05) is 0 Å². The molecule has 1 heterocycles. The maximum atomic E-state index is 11.7. The fourth-order valence-corrected chi connectivity index (χ4v) is 3.45. The Bertz CT molecular complexity index is 951. The van der Waals surface area contributed by atoms with Crippen molar-refractivity contribution in [2.45, 2.75) is 5.54 Å². The molecule has 27 heavy (non-hydrogen) atoms. The van der Waals surface area contributed by atoms with Gasteiger partial charge in [0.1, 0.15) is 11.5 Å². The lowest BCUT2D eigenvalue weighted by Crippen LogP contribution is -2.42. The molecule has 132 valence electrons. The number of aromatic nitrogens is 4. The number of aromatic carboxylic acids is 1. The number of tetrazole rings is 1. The minimum Gasteiger partial charge on any atom is -0.541 e. The van der Waals surface area contributed by atoms with Crippen molar-refractivity contribution in [2.24, 2.45) is 0 Å². The molecule has 3 aromatic carbocycles. The van der Waals surface area contributed by atoms with Gasteiger partial charge in [-0.3, -0.25) is 0 Å². The van der Waals surface area contributed by atoms with E-state index in [0.29, 0.717) is 0 Å². The first-order chi connectivity index (χ1) is 13.2. The summed E-state index contributed by atoms with van der Waals surface area (Å²) >= 11 is 0. The molecule has 0 bridgehead atoms. The zero-order chi connectivity index (χ0) is 18.7. The molecular weight excluding hydrogens is 340 g/mol. The lowest BCUT2D eigenvalue weighted by molar-refractivity contribution is -0.256. The van der Waals surface area contributed by atoms with Crippen LogP contribution in [0.15, 0.2) is 91.0 Å². The first kappa shape index (κ1) is 16.7. The average Bonchev–Trinajstić information content (AvgIpc) is 3.22. The van der Waals surface area contributed by atoms with Crippen LogP contribution in [0.1, 0.15) is 27.3 Å². The molecule has 4 rings (SSSR count). The molecule has 0 radical (unpaired) electrons. The molecule has 0 N–H and O–H groups in total. The van der Waals surface area contributed by atoms with E-state index in [9.17, 15) is 9.90 Å². The molecule has 0 saturated heterocycles. The van der Waals surface area contributed by atoms with Gasteiger partial charge in [-0.05, 0) is 27.1 Å². The summed E-state index contributed by atoms with van der Waals surface area (Å²) in [4.78, 5) is 11.7. The standard InChI is InChI=1S/C21H16N4O2/c26-20(27)19-22-23-24-25(19)21(16-10-4-1-5-11-16,17-12-6-2-7-13-17)18-14-8-3-9-15-18/h1-15H,(H,26,27)/p-1. The lowest BCUT2D eigenvalue weighted by atomic mass is 9.77. The molecule has 0 unspecified atom stereocenters. The molecule has 0 aliphatic heterocycles. The summed E-state index contributed by atoms with van der Waals surface area (Å²) in [6.07, 6.45) is 0. The molecule has 0 spiro atoms. The van der Waals surface area contributed by atoms with Gasteiger partial charge in [-0.1, -0.05) is 91.0 Å². The number of carboxylic acid groups (broad SMARTS) is 1. The molecule has 6 nitrogen and oxygen atoms in total. The van der Waals surface area contributed by atoms with Gasteiger partial charge in [-0.25, -0.2) is 4.68 Å². The molecule has 0 aliphatic rings. The number of carbonyl (C=O) groups is 1. The molecule has 6 heteroatoms. The highest BCUT2D eigenvalue weighted by atomic mass is 16.4. The average molecular weight is 355 g/mol. The monoisotopic (exact) mass is 355 g/mol. The molecule has 0 amide bonds. The predicted octanol–water partition coefficient (Wildman–Crippen LogP) is 1.88. The van der Waals surface area contributed by atoms with E-state index in [0.717, 1.165) is 16.7 Å². The number of carboxylic acids is 1. The zero-order valence-corrected chi connectivity index (χ0v) is 14.3. The van der Waals surface area contributed by atoms with Crippen LogP contribution in [-0.2, 0) is 5.54 Å². The van der Waals surface area contributed by atoms with E-state index < -0.39 is 11.5 Å². The second-order valence-electron chi connectivity index (χ2n) is 6.01. The van der Waals surface area contributed by atoms with E-state index in [1.807, 2.05) is 91.0 Å². The van der Waals surface area contributed by atoms with Crippen LogP contribution < -0.4 is 5.11 Å². The van der Waals surface area contributed by atoms with E-state index in [-0.39, 0.29) is 5.82 Å². The number of carbonyl (C=O) groups excluding carboxylic acids is 1. The Balaban J connectivity index is 2.17. The highest BCUT2D eigenvalue weighted by Gasteiger charge is 2.41. The quantitative estimate of drug-likeness (QED) is 0.510. The van der Waals surface area contributed by atoms with Crippen molar-refractivity contribution in [3.63, 3.8) is 0 Å². The summed E-state index contributed by atoms with van der Waals surface area (Å²) in [6.45, 7) is 0. The number of hydrogen-bond donors (Lipinski definition) is 0. The highest BCUT2D eigenvalue weighted by Crippen LogP contribution is 2.40. The number of rotatable bonds is 5. The molecule has 0 aliphatic carbocycles. The Morgan fingerprint density at radius 2 is 1.15 bits per heavy atom. The third kappa shape index (κ3) is 2.67. The molecule has 0 saturated carbocycles. The summed E-state index contributed by atoms with van der Waals surface area (Å²) in [6, 6.07) is 28.7. The molecular formula is C21H15N4O2-. The van der Waals surface area contributed by atoms with Crippen molar-refractivity contribution in [1.29, 1.82) is 0 Å². The second kappa shape index (κ2) is 6.84. The fourth-order valence-electron chi connectivity index (χ4n) is 3.45. The summed E-state index contributed by atoms with van der Waals surface area (Å²) in [7, 11) is 0. The minimum absolute atomic E-state index is 0.341. The van der Waals surface area contributed by atoms with Crippen molar-refractivity contribution in [1.82, 2.24) is 20.2 Å². The second-order valence-corrected chi connectivity index (χ2v) is 6.01. The molecule has 4 aromatic rings. The first-order valence-corrected chi connectivity index (χ1v) is 8.41. The first-order valence-electron chi connectivity index (χ1n) is 8.41. The largest absolute Gasteiger partial charge is 0.541 e. The summed E-state index contributed by atoms with van der Waals surface area (Å²) < 4.78 is 1.32. The summed E-state index contributed by atoms with van der Waals surface area (Å²) in [5.74, 6) is -1.78. The smallest absolute Gasteiger partial charge is 0.199 e. The van der Waals surface area contributed by atoms with Crippen LogP contribution in [0.4, 0.5) is 0 Å². The number of benzene rings is 3. The van der Waals surface area contributed by atoms with Gasteiger partial charge in [0.25, 0.3) is 0 Å². The summed E-state index contributed by atoms with van der Waals surface area (Å²) in [5, 5.41) is 23.1. The van der Waals surface area contributed by atoms with Crippen molar-refractivity contribution < 1.29 is 9.90 Å². The van der Waals surface area contributed by atoms with E-state index in [1.165, 1.54) is 4.68 Å². The van der Waals surface area contributed by atoms with Crippen LogP contribution in [0.5, 0.6) is 0 Å². The van der Waals surface area contributed by atoms with Crippen LogP contribution in [0, 0.1) is 0 Å². The normalized spacial score (nSPS) is 11.3. The van der Waals surface area contributed by atoms with Gasteiger partial charge in [-0.2, -0.15) is 0 Å². The Morgan fingerprint density at radius 3 is 1.52 bits per heavy atom. The SMILES string of the molecule is O=C([O-])c1nnnn1C(c1ccccc1)(c1ccccc1)c1ccccc1. The number of nitrogens with zero attached hydrogens (tertiary/aromatic N) is 4. The van der Waals surface area contributed by atoms with E-state index in [2.05, 4.69) is 15.5 Å². The summed E-state index contributed by atoms with van der Waals surface area (Å²) in [5.41, 5.74) is 1.43. The zero-order valence-electron chi connectivity index (χ0n) is 14.3. The fraction of sp³-hybridized carbons (Fsp3) is 0.0476. The predicted molar refractivity (Wildman–Crippen MR) is 96.8 cm³/mol. The van der Waals surface area contributed by atoms with Crippen molar-refractivity contribution in [3.8, 4) is 0 Å². The Labute approximate surface area is 155 Å². The van der Waals surface area contributed by atoms with Gasteiger partial charge in [0.2, 0.25) is 0 Å². The minimum atomic E-state index is -1.44. The van der Waals surface area contributed by atoms with Gasteiger partial charge in [-0.15, -0.1) is 5.10 Å².